The first-order valence-electron chi connectivity index (χ1n) is 18.8. The molecule has 2 aromatic carbocycles. The second-order valence-electron chi connectivity index (χ2n) is 14.7. The highest BCUT2D eigenvalue weighted by Gasteiger charge is 2.36. The normalized spacial score (nSPS) is 20.1. The van der Waals surface area contributed by atoms with Crippen LogP contribution in [0.5, 0.6) is 5.75 Å². The van der Waals surface area contributed by atoms with Crippen molar-refractivity contribution in [3.63, 3.8) is 0 Å². The van der Waals surface area contributed by atoms with Gasteiger partial charge >= 0.3 is 18.1 Å². The maximum atomic E-state index is 14.1. The molecule has 282 valence electrons. The fraction of sp³-hybridized carbons (Fsp3) is 0.590. The van der Waals surface area contributed by atoms with Gasteiger partial charge in [0.15, 0.2) is 6.10 Å². The number of fused-ring (bicyclic) bond motifs is 1. The van der Waals surface area contributed by atoms with Crippen LogP contribution in [0, 0.1) is 13.8 Å². The average molecular weight is 719 g/mol. The fourth-order valence-corrected chi connectivity index (χ4v) is 8.22. The second-order valence-corrected chi connectivity index (χ2v) is 14.7. The maximum absolute atomic E-state index is 14.1. The van der Waals surface area contributed by atoms with Crippen molar-refractivity contribution in [3.8, 4) is 5.75 Å². The minimum absolute atomic E-state index is 0.00197. The van der Waals surface area contributed by atoms with Crippen molar-refractivity contribution >= 4 is 29.7 Å². The molecule has 4 aliphatic rings. The van der Waals surface area contributed by atoms with Crippen molar-refractivity contribution in [2.45, 2.75) is 77.0 Å². The zero-order valence-electron chi connectivity index (χ0n) is 30.8. The fourth-order valence-electron chi connectivity index (χ4n) is 8.22. The van der Waals surface area contributed by atoms with Gasteiger partial charge < -0.3 is 39.5 Å². The summed E-state index contributed by atoms with van der Waals surface area (Å²) >= 11 is 0. The van der Waals surface area contributed by atoms with Crippen LogP contribution < -0.4 is 5.32 Å². The van der Waals surface area contributed by atoms with Crippen LogP contribution in [0.3, 0.4) is 0 Å². The molecule has 0 spiro atoms. The topological polar surface area (TPSA) is 135 Å². The van der Waals surface area contributed by atoms with E-state index in [1.54, 1.807) is 4.90 Å². The summed E-state index contributed by atoms with van der Waals surface area (Å²) in [6.07, 6.45) is 3.14. The molecule has 0 saturated carbocycles. The van der Waals surface area contributed by atoms with Crippen LogP contribution in [0.2, 0.25) is 0 Å². The smallest absolute Gasteiger partial charge is 0.410 e. The maximum Gasteiger partial charge on any atom is 0.410 e. The largest absolute Gasteiger partial charge is 0.507 e. The van der Waals surface area contributed by atoms with E-state index in [0.29, 0.717) is 75.7 Å². The van der Waals surface area contributed by atoms with E-state index in [1.165, 1.54) is 7.11 Å². The lowest BCUT2D eigenvalue weighted by Crippen LogP contribution is -2.56. The van der Waals surface area contributed by atoms with Gasteiger partial charge in [-0.1, -0.05) is 30.3 Å². The first kappa shape index (κ1) is 37.4. The predicted molar refractivity (Wildman–Crippen MR) is 196 cm³/mol. The van der Waals surface area contributed by atoms with E-state index >= 15 is 0 Å². The second kappa shape index (κ2) is 17.0. The summed E-state index contributed by atoms with van der Waals surface area (Å²) in [5.74, 6) is -0.165. The van der Waals surface area contributed by atoms with Crippen LogP contribution in [-0.4, -0.2) is 144 Å². The van der Waals surface area contributed by atoms with Crippen LogP contribution in [0.4, 0.5) is 15.3 Å². The third-order valence-electron chi connectivity index (χ3n) is 11.4. The summed E-state index contributed by atoms with van der Waals surface area (Å²) in [7, 11) is 1.42. The molecular weight excluding hydrogens is 664 g/mol. The lowest BCUT2D eigenvalue weighted by atomic mass is 10.00. The SMILES string of the molecule is COC(=O)CCN1CCC(N2CCN(C(=O)[C@@H](Cc3cc(C)c(O)c(C)c3)OC(=O)N3CCC(N4CCc5ccccc5NC4=O)CC3)CC2)CC1. The first-order chi connectivity index (χ1) is 25.1. The van der Waals surface area contributed by atoms with E-state index in [9.17, 15) is 24.3 Å². The van der Waals surface area contributed by atoms with Gasteiger partial charge in [-0.15, -0.1) is 0 Å². The number of phenolic OH excluding ortho intramolecular Hbond substituents is 1. The Bertz CT molecular complexity index is 1570. The Morgan fingerprint density at radius 2 is 1.52 bits per heavy atom. The zero-order valence-corrected chi connectivity index (χ0v) is 30.8. The number of para-hydroxylation sites is 1. The number of nitrogens with one attached hydrogen (secondary N) is 1. The molecule has 6 rings (SSSR count). The quantitative estimate of drug-likeness (QED) is 0.372. The Labute approximate surface area is 306 Å². The number of carbonyl (C=O) groups is 4. The summed E-state index contributed by atoms with van der Waals surface area (Å²) in [6, 6.07) is 11.9. The summed E-state index contributed by atoms with van der Waals surface area (Å²) < 4.78 is 10.9. The molecule has 4 amide bonds. The monoisotopic (exact) mass is 718 g/mol. The van der Waals surface area contributed by atoms with Crippen molar-refractivity contribution in [3.05, 3.63) is 58.7 Å². The van der Waals surface area contributed by atoms with Gasteiger partial charge in [-0.05, 0) is 87.4 Å². The molecule has 3 fully saturated rings. The van der Waals surface area contributed by atoms with Crippen LogP contribution >= 0.6 is 0 Å². The Balaban J connectivity index is 1.04. The number of rotatable bonds is 9. The van der Waals surface area contributed by atoms with Gasteiger partial charge in [-0.3, -0.25) is 14.5 Å². The number of ether oxygens (including phenoxy) is 2. The number of hydrogen-bond donors (Lipinski definition) is 2. The molecular formula is C39H54N6O7. The van der Waals surface area contributed by atoms with Gasteiger partial charge in [0, 0.05) is 76.5 Å². The number of phenols is 1. The predicted octanol–water partition coefficient (Wildman–Crippen LogP) is 3.78. The Hall–Kier alpha value is -4.36. The van der Waals surface area contributed by atoms with Crippen molar-refractivity contribution in [2.24, 2.45) is 0 Å². The van der Waals surface area contributed by atoms with Crippen LogP contribution in [0.15, 0.2) is 36.4 Å². The third kappa shape index (κ3) is 8.98. The summed E-state index contributed by atoms with van der Waals surface area (Å²) in [5.41, 5.74) is 4.20. The molecule has 4 heterocycles. The number of urea groups is 1. The molecule has 1 atom stereocenters. The van der Waals surface area contributed by atoms with E-state index in [-0.39, 0.29) is 36.1 Å². The van der Waals surface area contributed by atoms with Gasteiger partial charge in [-0.2, -0.15) is 0 Å². The molecule has 52 heavy (non-hydrogen) atoms. The third-order valence-corrected chi connectivity index (χ3v) is 11.4. The lowest BCUT2D eigenvalue weighted by molar-refractivity contribution is -0.143. The number of anilines is 1. The number of methoxy groups -OCH3 is 1. The molecule has 2 N–H and O–H groups in total. The van der Waals surface area contributed by atoms with Gasteiger partial charge in [0.1, 0.15) is 5.75 Å². The van der Waals surface area contributed by atoms with Crippen molar-refractivity contribution in [1.82, 2.24) is 24.5 Å². The molecule has 0 aliphatic carbocycles. The molecule has 0 unspecified atom stereocenters. The number of aromatic hydroxyl groups is 1. The summed E-state index contributed by atoms with van der Waals surface area (Å²) in [5, 5.41) is 13.4. The highest BCUT2D eigenvalue weighted by Crippen LogP contribution is 2.27. The average Bonchev–Trinajstić information content (AvgIpc) is 3.33. The minimum Gasteiger partial charge on any atom is -0.507 e. The number of esters is 1. The standard InChI is InChI=1S/C39H54N6O7/c1-27-24-29(25-28(2)36(27)47)26-34(37(48)43-22-20-42(21-23-43)31-9-14-41(15-10-31)16-13-35(46)51-3)52-39(50)44-17-11-32(12-18-44)45-19-8-30-6-4-5-7-33(30)40-38(45)49/h4-7,24-25,31-32,34,47H,8-23,26H2,1-3H3,(H,40,49)/t34-/m1/s1. The molecule has 4 aliphatic heterocycles. The summed E-state index contributed by atoms with van der Waals surface area (Å²) in [6.45, 7) is 10.3. The first-order valence-corrected chi connectivity index (χ1v) is 18.8. The molecule has 0 aromatic heterocycles. The van der Waals surface area contributed by atoms with Crippen molar-refractivity contribution in [1.29, 1.82) is 0 Å². The number of nitrogens with zero attached hydrogens (tertiary/aromatic N) is 5. The van der Waals surface area contributed by atoms with Gasteiger partial charge in [0.05, 0.1) is 13.5 Å². The highest BCUT2D eigenvalue weighted by molar-refractivity contribution is 5.91. The molecule has 13 nitrogen and oxygen atoms in total. The Morgan fingerprint density at radius 1 is 0.865 bits per heavy atom. The number of piperazine rings is 1. The van der Waals surface area contributed by atoms with Gasteiger partial charge in [-0.25, -0.2) is 9.59 Å². The van der Waals surface area contributed by atoms with E-state index in [0.717, 1.165) is 62.3 Å². The lowest BCUT2D eigenvalue weighted by Gasteiger charge is -2.43. The zero-order chi connectivity index (χ0) is 36.8. The molecule has 13 heteroatoms. The number of benzene rings is 2. The highest BCUT2D eigenvalue weighted by atomic mass is 16.6. The van der Waals surface area contributed by atoms with Gasteiger partial charge in [0.2, 0.25) is 0 Å². The molecule has 0 radical (unpaired) electrons. The number of aryl methyl sites for hydroxylation is 2. The van der Waals surface area contributed by atoms with E-state index in [1.807, 2.05) is 60.0 Å². The van der Waals surface area contributed by atoms with Crippen molar-refractivity contribution < 1.29 is 33.8 Å². The molecule has 2 aromatic rings. The molecule has 3 saturated heterocycles. The van der Waals surface area contributed by atoms with Crippen LogP contribution in [0.1, 0.15) is 54.4 Å². The molecule has 0 bridgehead atoms. The minimum atomic E-state index is -1.01. The van der Waals surface area contributed by atoms with E-state index < -0.39 is 12.2 Å². The number of carbonyl (C=O) groups excluding carboxylic acids is 4. The summed E-state index contributed by atoms with van der Waals surface area (Å²) in [4.78, 5) is 62.6. The van der Waals surface area contributed by atoms with E-state index in [4.69, 9.17) is 9.47 Å². The van der Waals surface area contributed by atoms with Crippen LogP contribution in [-0.2, 0) is 31.9 Å². The number of likely N-dealkylation sites (tertiary alicyclic amines) is 2. The van der Waals surface area contributed by atoms with Crippen molar-refractivity contribution in [2.75, 3.05) is 77.9 Å². The Morgan fingerprint density at radius 3 is 2.19 bits per heavy atom. The van der Waals surface area contributed by atoms with E-state index in [2.05, 4.69) is 15.1 Å². The number of piperidine rings is 2. The Kier molecular flexibility index (Phi) is 12.2. The van der Waals surface area contributed by atoms with Crippen LogP contribution in [0.25, 0.3) is 0 Å². The van der Waals surface area contributed by atoms with Gasteiger partial charge in [0.25, 0.3) is 5.91 Å². The number of hydrogen-bond acceptors (Lipinski definition) is 9. The number of amides is 4.